The van der Waals surface area contributed by atoms with Crippen molar-refractivity contribution in [3.63, 3.8) is 0 Å². The molecule has 2 aromatic carbocycles. The zero-order chi connectivity index (χ0) is 20.8. The maximum atomic E-state index is 12.0. The Kier molecular flexibility index (Phi) is 10.6. The van der Waals surface area contributed by atoms with Gasteiger partial charge in [-0.1, -0.05) is 78.9 Å². The van der Waals surface area contributed by atoms with Gasteiger partial charge in [-0.15, -0.1) is 0 Å². The fourth-order valence-corrected chi connectivity index (χ4v) is 2.48. The Morgan fingerprint density at radius 3 is 2.00 bits per heavy atom. The number of aliphatic hydroxyl groups is 1. The second kappa shape index (κ2) is 12.7. The van der Waals surface area contributed by atoms with Crippen molar-refractivity contribution >= 4 is 5.97 Å². The monoisotopic (exact) mass is 380 g/mol. The van der Waals surface area contributed by atoms with Gasteiger partial charge in [-0.25, -0.2) is 0 Å². The van der Waals surface area contributed by atoms with Crippen molar-refractivity contribution in [2.24, 2.45) is 0 Å². The molecule has 0 saturated heterocycles. The average Bonchev–Trinajstić information content (AvgIpc) is 2.69. The molecule has 2 aromatic rings. The van der Waals surface area contributed by atoms with Crippen LogP contribution < -0.4 is 0 Å². The van der Waals surface area contributed by atoms with E-state index in [-0.39, 0.29) is 12.6 Å². The molecule has 1 atom stereocenters. The first-order chi connectivity index (χ1) is 13.4. The molecule has 1 unspecified atom stereocenters. The quantitative estimate of drug-likeness (QED) is 0.476. The first kappa shape index (κ1) is 23.4. The highest BCUT2D eigenvalue weighted by Crippen LogP contribution is 2.21. The van der Waals surface area contributed by atoms with E-state index in [1.54, 1.807) is 6.08 Å². The lowest BCUT2D eigenvalue weighted by Gasteiger charge is -2.25. The fraction of sp³-hybridized carbons (Fsp3) is 0.320. The molecule has 3 heteroatoms. The van der Waals surface area contributed by atoms with Crippen LogP contribution in [0.1, 0.15) is 44.7 Å². The normalized spacial score (nSPS) is 12.0. The van der Waals surface area contributed by atoms with Crippen LogP contribution in [0.2, 0.25) is 0 Å². The lowest BCUT2D eigenvalue weighted by molar-refractivity contribution is -0.153. The van der Waals surface area contributed by atoms with Gasteiger partial charge < -0.3 is 9.84 Å². The number of allylic oxidation sites excluding steroid dienone is 2. The van der Waals surface area contributed by atoms with Gasteiger partial charge >= 0.3 is 5.97 Å². The highest BCUT2D eigenvalue weighted by Gasteiger charge is 2.24. The SMILES string of the molecule is C=CC(C)(CCC=C(C)C)OC(=O)Cc1ccccc1.OCc1ccccc1. The summed E-state index contributed by atoms with van der Waals surface area (Å²) in [4.78, 5) is 12.0. The van der Waals surface area contributed by atoms with E-state index in [1.165, 1.54) is 5.57 Å². The molecule has 1 N–H and O–H groups in total. The number of aliphatic hydroxyl groups excluding tert-OH is 1. The molecule has 0 saturated carbocycles. The smallest absolute Gasteiger partial charge is 0.311 e. The average molecular weight is 381 g/mol. The minimum Gasteiger partial charge on any atom is -0.455 e. The van der Waals surface area contributed by atoms with E-state index in [1.807, 2.05) is 67.6 Å². The highest BCUT2D eigenvalue weighted by molar-refractivity contribution is 5.73. The molecule has 0 heterocycles. The Bertz CT molecular complexity index is 731. The molecule has 0 aliphatic carbocycles. The summed E-state index contributed by atoms with van der Waals surface area (Å²) in [6.07, 6.45) is 5.79. The first-order valence-corrected chi connectivity index (χ1v) is 9.56. The van der Waals surface area contributed by atoms with Gasteiger partial charge in [-0.3, -0.25) is 4.79 Å². The number of hydrogen-bond acceptors (Lipinski definition) is 3. The molecule has 3 nitrogen and oxygen atoms in total. The van der Waals surface area contributed by atoms with Gasteiger partial charge in [-0.05, 0) is 50.8 Å². The second-order valence-electron chi connectivity index (χ2n) is 7.12. The van der Waals surface area contributed by atoms with Crippen LogP contribution in [0.5, 0.6) is 0 Å². The molecule has 2 rings (SSSR count). The van der Waals surface area contributed by atoms with Gasteiger partial charge in [0.1, 0.15) is 5.60 Å². The van der Waals surface area contributed by atoms with E-state index < -0.39 is 5.60 Å². The number of rotatable bonds is 8. The van der Waals surface area contributed by atoms with Crippen LogP contribution >= 0.6 is 0 Å². The van der Waals surface area contributed by atoms with Gasteiger partial charge in [0, 0.05) is 0 Å². The molecule has 150 valence electrons. The van der Waals surface area contributed by atoms with E-state index in [0.29, 0.717) is 6.42 Å². The van der Waals surface area contributed by atoms with E-state index in [4.69, 9.17) is 9.84 Å². The van der Waals surface area contributed by atoms with Crippen molar-refractivity contribution < 1.29 is 14.6 Å². The topological polar surface area (TPSA) is 46.5 Å². The summed E-state index contributed by atoms with van der Waals surface area (Å²) in [7, 11) is 0. The van der Waals surface area contributed by atoms with Gasteiger partial charge in [-0.2, -0.15) is 0 Å². The van der Waals surface area contributed by atoms with E-state index in [2.05, 4.69) is 26.5 Å². The second-order valence-corrected chi connectivity index (χ2v) is 7.12. The third-order valence-corrected chi connectivity index (χ3v) is 4.19. The Hall–Kier alpha value is -2.65. The molecule has 0 radical (unpaired) electrons. The van der Waals surface area contributed by atoms with Crippen molar-refractivity contribution in [1.82, 2.24) is 0 Å². The fourth-order valence-electron chi connectivity index (χ4n) is 2.48. The van der Waals surface area contributed by atoms with E-state index in [0.717, 1.165) is 24.0 Å². The molecule has 0 spiro atoms. The lowest BCUT2D eigenvalue weighted by atomic mass is 9.99. The van der Waals surface area contributed by atoms with Crippen LogP contribution in [-0.4, -0.2) is 16.7 Å². The predicted octanol–water partition coefficient (Wildman–Crippen LogP) is 5.64. The zero-order valence-electron chi connectivity index (χ0n) is 17.2. The summed E-state index contributed by atoms with van der Waals surface area (Å²) >= 11 is 0. The summed E-state index contributed by atoms with van der Waals surface area (Å²) in [6, 6.07) is 19.2. The maximum absolute atomic E-state index is 12.0. The number of benzene rings is 2. The third kappa shape index (κ3) is 9.89. The van der Waals surface area contributed by atoms with Crippen LogP contribution in [-0.2, 0) is 22.6 Å². The summed E-state index contributed by atoms with van der Waals surface area (Å²) in [5, 5.41) is 8.54. The first-order valence-electron chi connectivity index (χ1n) is 9.56. The molecule has 0 aliphatic rings. The maximum Gasteiger partial charge on any atom is 0.311 e. The van der Waals surface area contributed by atoms with Crippen molar-refractivity contribution in [1.29, 1.82) is 0 Å². The number of ether oxygens (including phenoxy) is 1. The van der Waals surface area contributed by atoms with Crippen LogP contribution in [0, 0.1) is 0 Å². The number of hydrogen-bond donors (Lipinski definition) is 1. The summed E-state index contributed by atoms with van der Waals surface area (Å²) < 4.78 is 5.59. The summed E-state index contributed by atoms with van der Waals surface area (Å²) in [6.45, 7) is 9.96. The van der Waals surface area contributed by atoms with Crippen molar-refractivity contribution in [2.45, 2.75) is 52.2 Å². The Balaban J connectivity index is 0.000000406. The number of carbonyl (C=O) groups is 1. The van der Waals surface area contributed by atoms with Gasteiger partial charge in [0.2, 0.25) is 0 Å². The van der Waals surface area contributed by atoms with E-state index in [9.17, 15) is 4.79 Å². The summed E-state index contributed by atoms with van der Waals surface area (Å²) in [5.74, 6) is -0.212. The minimum absolute atomic E-state index is 0.140. The van der Waals surface area contributed by atoms with Crippen LogP contribution in [0.25, 0.3) is 0 Å². The van der Waals surface area contributed by atoms with Gasteiger partial charge in [0.05, 0.1) is 13.0 Å². The van der Waals surface area contributed by atoms with Crippen LogP contribution in [0.4, 0.5) is 0 Å². The van der Waals surface area contributed by atoms with Crippen molar-refractivity contribution in [3.8, 4) is 0 Å². The van der Waals surface area contributed by atoms with Crippen LogP contribution in [0.3, 0.4) is 0 Å². The molecule has 0 aliphatic heterocycles. The standard InChI is InChI=1S/C18H24O2.C7H8O/c1-5-18(4,13-9-10-15(2)3)20-17(19)14-16-11-7-6-8-12-16;8-6-7-4-2-1-3-5-7/h5-8,10-12H,1,9,13-14H2,2-4H3;1-5,8H,6H2. The van der Waals surface area contributed by atoms with Gasteiger partial charge in [0.15, 0.2) is 0 Å². The minimum atomic E-state index is -0.599. The molecule has 0 amide bonds. The number of esters is 1. The van der Waals surface area contributed by atoms with Gasteiger partial charge in [0.25, 0.3) is 0 Å². The number of carbonyl (C=O) groups excluding carboxylic acids is 1. The zero-order valence-corrected chi connectivity index (χ0v) is 17.2. The summed E-state index contributed by atoms with van der Waals surface area (Å²) in [5.41, 5.74) is 2.60. The predicted molar refractivity (Wildman–Crippen MR) is 116 cm³/mol. The molecule has 28 heavy (non-hydrogen) atoms. The van der Waals surface area contributed by atoms with Crippen molar-refractivity contribution in [2.75, 3.05) is 0 Å². The molecule has 0 aromatic heterocycles. The largest absolute Gasteiger partial charge is 0.455 e. The lowest BCUT2D eigenvalue weighted by Crippen LogP contribution is -2.30. The molecule has 0 bridgehead atoms. The van der Waals surface area contributed by atoms with E-state index >= 15 is 0 Å². The Morgan fingerprint density at radius 1 is 1.04 bits per heavy atom. The molecular formula is C25H32O3. The molecule has 0 fully saturated rings. The Labute approximate surface area is 169 Å². The third-order valence-electron chi connectivity index (χ3n) is 4.19. The highest BCUT2D eigenvalue weighted by atomic mass is 16.6. The molecular weight excluding hydrogens is 348 g/mol. The van der Waals surface area contributed by atoms with Crippen LogP contribution in [0.15, 0.2) is 85.0 Å². The van der Waals surface area contributed by atoms with Crippen molar-refractivity contribution in [3.05, 3.63) is 96.1 Å². The Morgan fingerprint density at radius 2 is 1.57 bits per heavy atom.